The first kappa shape index (κ1) is 27.7. The van der Waals surface area contributed by atoms with Gasteiger partial charge >= 0.3 is 0 Å². The maximum absolute atomic E-state index is 12.7. The van der Waals surface area contributed by atoms with Crippen molar-refractivity contribution in [3.8, 4) is 5.75 Å². The Balaban J connectivity index is 1.51. The predicted molar refractivity (Wildman–Crippen MR) is 163 cm³/mol. The molecule has 2 N–H and O–H groups in total. The van der Waals surface area contributed by atoms with Crippen molar-refractivity contribution in [2.45, 2.75) is 49.8 Å². The Morgan fingerprint density at radius 1 is 1.10 bits per heavy atom. The highest BCUT2D eigenvalue weighted by Crippen LogP contribution is 2.45. The molecule has 5 rings (SSSR count). The first-order chi connectivity index (χ1) is 19.1. The molecule has 1 saturated heterocycles. The number of aromatic nitrogens is 1. The van der Waals surface area contributed by atoms with Gasteiger partial charge in [0.2, 0.25) is 5.91 Å². The van der Waals surface area contributed by atoms with E-state index in [-0.39, 0.29) is 18.0 Å². The van der Waals surface area contributed by atoms with Gasteiger partial charge in [0.25, 0.3) is 0 Å². The highest BCUT2D eigenvalue weighted by Gasteiger charge is 2.43. The summed E-state index contributed by atoms with van der Waals surface area (Å²) >= 11 is 7.43. The van der Waals surface area contributed by atoms with Crippen LogP contribution in [0.1, 0.15) is 49.9 Å². The van der Waals surface area contributed by atoms with Crippen molar-refractivity contribution in [2.75, 3.05) is 17.3 Å². The Hall–Kier alpha value is -3.82. The van der Waals surface area contributed by atoms with Crippen LogP contribution in [-0.4, -0.2) is 23.1 Å². The van der Waals surface area contributed by atoms with Crippen LogP contribution in [0.3, 0.4) is 0 Å². The summed E-state index contributed by atoms with van der Waals surface area (Å²) < 4.78 is 12.1. The summed E-state index contributed by atoms with van der Waals surface area (Å²) in [7, 11) is 1.59. The summed E-state index contributed by atoms with van der Waals surface area (Å²) in [5, 5.41) is 7.76. The second-order valence-corrected chi connectivity index (χ2v) is 12.1. The summed E-state index contributed by atoms with van der Waals surface area (Å²) in [4.78, 5) is 20.4. The van der Waals surface area contributed by atoms with E-state index in [9.17, 15) is 4.79 Å². The maximum Gasteiger partial charge on any atom is 0.229 e. The Labute approximate surface area is 244 Å². The minimum absolute atomic E-state index is 0.0980. The normalized spacial score (nSPS) is 17.0. The zero-order valence-corrected chi connectivity index (χ0v) is 24.7. The van der Waals surface area contributed by atoms with Gasteiger partial charge < -0.3 is 24.7 Å². The average molecular weight is 573 g/mol. The molecule has 0 radical (unpaired) electrons. The quantitative estimate of drug-likeness (QED) is 0.223. The molecule has 0 aliphatic carbocycles. The smallest absolute Gasteiger partial charge is 0.229 e. The molecule has 1 aliphatic rings. The number of pyridine rings is 1. The molecule has 1 aliphatic heterocycles. The molecule has 0 spiro atoms. The van der Waals surface area contributed by atoms with Crippen molar-refractivity contribution >= 4 is 46.4 Å². The third-order valence-corrected chi connectivity index (χ3v) is 7.87. The first-order valence-corrected chi connectivity index (χ1v) is 14.2. The van der Waals surface area contributed by atoms with Crippen LogP contribution in [0.4, 0.5) is 11.4 Å². The van der Waals surface area contributed by atoms with Crippen molar-refractivity contribution in [1.82, 2.24) is 10.3 Å². The highest BCUT2D eigenvalue weighted by atomic mass is 32.2. The molecule has 1 amide bonds. The highest BCUT2D eigenvalue weighted by molar-refractivity contribution is 7.99. The maximum atomic E-state index is 12.7. The molecule has 0 unspecified atom stereocenters. The topological polar surface area (TPSA) is 79.6 Å². The number of thiocarbonyl (C=S) groups is 1. The number of hydrogen-bond donors (Lipinski definition) is 2. The van der Waals surface area contributed by atoms with Gasteiger partial charge in [-0.1, -0.05) is 56.3 Å². The van der Waals surface area contributed by atoms with Crippen molar-refractivity contribution < 1.29 is 13.9 Å². The van der Waals surface area contributed by atoms with E-state index in [1.54, 1.807) is 25.1 Å². The minimum atomic E-state index is -0.543. The van der Waals surface area contributed by atoms with Crippen LogP contribution >= 0.6 is 24.0 Å². The predicted octanol–water partition coefficient (Wildman–Crippen LogP) is 7.30. The SMILES string of the molecule is COc1cc(N2C(=S)N[C@H](c3ccccn3)[C@@H]2c2ccc(Sc3ccc(C)cc3)o2)ccc1NC(=O)C(C)(C)C. The van der Waals surface area contributed by atoms with E-state index in [0.29, 0.717) is 16.5 Å². The molecule has 3 heterocycles. The molecule has 2 atom stereocenters. The number of aryl methyl sites for hydroxylation is 1. The number of furan rings is 1. The number of amides is 1. The first-order valence-electron chi connectivity index (χ1n) is 13.0. The van der Waals surface area contributed by atoms with E-state index in [0.717, 1.165) is 27.1 Å². The summed E-state index contributed by atoms with van der Waals surface area (Å²) in [6, 6.07) is 23.3. The number of carbonyl (C=O) groups excluding carboxylic acids is 1. The third-order valence-electron chi connectivity index (χ3n) is 6.62. The summed E-state index contributed by atoms with van der Waals surface area (Å²) in [6.45, 7) is 7.68. The molecule has 9 heteroatoms. The molecule has 0 saturated carbocycles. The number of rotatable bonds is 7. The molecule has 206 valence electrons. The van der Waals surface area contributed by atoms with Crippen LogP contribution in [0.2, 0.25) is 0 Å². The number of nitrogens with one attached hydrogen (secondary N) is 2. The van der Waals surface area contributed by atoms with E-state index < -0.39 is 5.41 Å². The van der Waals surface area contributed by atoms with Gasteiger partial charge in [0.15, 0.2) is 10.2 Å². The molecule has 4 aromatic rings. The number of methoxy groups -OCH3 is 1. The Morgan fingerprint density at radius 3 is 2.55 bits per heavy atom. The Morgan fingerprint density at radius 2 is 1.88 bits per heavy atom. The number of nitrogens with zero attached hydrogens (tertiary/aromatic N) is 2. The van der Waals surface area contributed by atoms with Crippen molar-refractivity contribution in [3.05, 3.63) is 96.0 Å². The van der Waals surface area contributed by atoms with Gasteiger partial charge in [-0.05, 0) is 67.7 Å². The lowest BCUT2D eigenvalue weighted by Gasteiger charge is -2.27. The van der Waals surface area contributed by atoms with Crippen LogP contribution in [0, 0.1) is 12.3 Å². The largest absolute Gasteiger partial charge is 0.494 e. The Kier molecular flexibility index (Phi) is 7.87. The van der Waals surface area contributed by atoms with Gasteiger partial charge in [-0.15, -0.1) is 0 Å². The lowest BCUT2D eigenvalue weighted by Crippen LogP contribution is -2.30. The Bertz CT molecular complexity index is 1510. The molecule has 0 bridgehead atoms. The third kappa shape index (κ3) is 5.85. The van der Waals surface area contributed by atoms with Crippen LogP contribution in [0.25, 0.3) is 0 Å². The van der Waals surface area contributed by atoms with Crippen molar-refractivity contribution in [2.24, 2.45) is 5.41 Å². The number of ether oxygens (including phenoxy) is 1. The summed E-state index contributed by atoms with van der Waals surface area (Å²) in [6.07, 6.45) is 1.77. The van der Waals surface area contributed by atoms with Gasteiger partial charge in [0, 0.05) is 28.3 Å². The van der Waals surface area contributed by atoms with Crippen molar-refractivity contribution in [1.29, 1.82) is 0 Å². The van der Waals surface area contributed by atoms with Crippen LogP contribution in [0.15, 0.2) is 93.4 Å². The molecule has 7 nitrogen and oxygen atoms in total. The van der Waals surface area contributed by atoms with Crippen LogP contribution < -0.4 is 20.3 Å². The van der Waals surface area contributed by atoms with E-state index in [1.807, 2.05) is 74.2 Å². The number of hydrogen-bond acceptors (Lipinski definition) is 6. The van der Waals surface area contributed by atoms with Gasteiger partial charge in [0.05, 0.1) is 24.5 Å². The fraction of sp³-hybridized carbons (Fsp3) is 0.258. The lowest BCUT2D eigenvalue weighted by atomic mass is 9.95. The number of benzene rings is 2. The van der Waals surface area contributed by atoms with Crippen LogP contribution in [0.5, 0.6) is 5.75 Å². The summed E-state index contributed by atoms with van der Waals surface area (Å²) in [5.41, 5.74) is 2.91. The van der Waals surface area contributed by atoms with E-state index in [2.05, 4.69) is 46.8 Å². The van der Waals surface area contributed by atoms with Crippen LogP contribution in [-0.2, 0) is 4.79 Å². The molecule has 1 fully saturated rings. The molecule has 2 aromatic carbocycles. The second kappa shape index (κ2) is 11.3. The van der Waals surface area contributed by atoms with Gasteiger partial charge in [-0.25, -0.2) is 0 Å². The molecule has 2 aromatic heterocycles. The van der Waals surface area contributed by atoms with Crippen molar-refractivity contribution in [3.63, 3.8) is 0 Å². The summed E-state index contributed by atoms with van der Waals surface area (Å²) in [5.74, 6) is 1.19. The van der Waals surface area contributed by atoms with E-state index >= 15 is 0 Å². The van der Waals surface area contributed by atoms with Gasteiger partial charge in [-0.2, -0.15) is 0 Å². The van der Waals surface area contributed by atoms with E-state index in [1.165, 1.54) is 5.56 Å². The monoisotopic (exact) mass is 572 g/mol. The zero-order valence-electron chi connectivity index (χ0n) is 23.1. The second-order valence-electron chi connectivity index (χ2n) is 10.7. The fourth-order valence-corrected chi connectivity index (χ4v) is 5.56. The fourth-order valence-electron chi connectivity index (χ4n) is 4.44. The molecular formula is C31H32N4O3S2. The zero-order chi connectivity index (χ0) is 28.4. The molecule has 40 heavy (non-hydrogen) atoms. The van der Waals surface area contributed by atoms with Gasteiger partial charge in [-0.3, -0.25) is 9.78 Å². The lowest BCUT2D eigenvalue weighted by molar-refractivity contribution is -0.123. The average Bonchev–Trinajstić information content (AvgIpc) is 3.54. The number of anilines is 2. The molecular weight excluding hydrogens is 541 g/mol. The standard InChI is InChI=1S/C31H32N4O3S2/c1-19-9-12-21(13-10-19)40-26-16-15-24(38-26)28-27(23-8-6-7-17-32-23)34-30(39)35(28)20-11-14-22(25(18-20)37-5)33-29(36)31(2,3)4/h6-18,27-28H,1-5H3,(H,33,36)(H,34,39)/t27-,28+/m1/s1. The van der Waals surface area contributed by atoms with Gasteiger partial charge in [0.1, 0.15) is 17.6 Å². The number of carbonyl (C=O) groups is 1. The van der Waals surface area contributed by atoms with E-state index in [4.69, 9.17) is 21.4 Å². The minimum Gasteiger partial charge on any atom is -0.494 e.